The second-order valence-electron chi connectivity index (χ2n) is 9.12. The molecule has 188 valence electrons. The summed E-state index contributed by atoms with van der Waals surface area (Å²) in [5, 5.41) is 11.7. The van der Waals surface area contributed by atoms with E-state index in [9.17, 15) is 14.7 Å². The van der Waals surface area contributed by atoms with Gasteiger partial charge in [0, 0.05) is 39.0 Å². The van der Waals surface area contributed by atoms with Crippen LogP contribution in [0.4, 0.5) is 4.79 Å². The summed E-state index contributed by atoms with van der Waals surface area (Å²) in [6.45, 7) is 6.93. The predicted octanol–water partition coefficient (Wildman–Crippen LogP) is 3.69. The van der Waals surface area contributed by atoms with Crippen molar-refractivity contribution >= 4 is 12.0 Å². The van der Waals surface area contributed by atoms with Gasteiger partial charge in [0.2, 0.25) is 5.79 Å². The molecule has 0 bridgehead atoms. The largest absolute Gasteiger partial charge is 0.465 e. The lowest BCUT2D eigenvalue weighted by atomic mass is 9.64. The van der Waals surface area contributed by atoms with Crippen LogP contribution in [-0.4, -0.2) is 65.5 Å². The normalized spacial score (nSPS) is 25.4. The van der Waals surface area contributed by atoms with Crippen LogP contribution in [0.15, 0.2) is 60.7 Å². The van der Waals surface area contributed by atoms with Gasteiger partial charge < -0.3 is 19.6 Å². The fourth-order valence-corrected chi connectivity index (χ4v) is 5.27. The highest BCUT2D eigenvalue weighted by Crippen LogP contribution is 2.56. The Labute approximate surface area is 206 Å². The number of piperidine rings is 1. The molecule has 8 nitrogen and oxygen atoms in total. The lowest BCUT2D eigenvalue weighted by molar-refractivity contribution is -0.516. The summed E-state index contributed by atoms with van der Waals surface area (Å²) in [4.78, 5) is 42.2. The molecule has 0 spiro atoms. The number of likely N-dealkylation sites (tertiary alicyclic amines) is 1. The molecule has 0 aromatic heterocycles. The van der Waals surface area contributed by atoms with Crippen LogP contribution in [0.1, 0.15) is 44.7 Å². The number of amides is 2. The zero-order valence-electron chi connectivity index (χ0n) is 20.6. The van der Waals surface area contributed by atoms with E-state index in [1.54, 1.807) is 16.7 Å². The average Bonchev–Trinajstić information content (AvgIpc) is 2.90. The summed E-state index contributed by atoms with van der Waals surface area (Å²) in [7, 11) is 0. The number of fused-ring (bicyclic) bond motifs is 1. The molecule has 4 rings (SSSR count). The molecule has 2 unspecified atom stereocenters. The van der Waals surface area contributed by atoms with E-state index in [0.29, 0.717) is 13.1 Å². The van der Waals surface area contributed by atoms with Crippen molar-refractivity contribution in [1.82, 2.24) is 9.80 Å². The minimum Gasteiger partial charge on any atom is -0.465 e. The Hall–Kier alpha value is -2.94. The second-order valence-corrected chi connectivity index (χ2v) is 9.12. The van der Waals surface area contributed by atoms with E-state index < -0.39 is 22.8 Å². The molecule has 2 heterocycles. The Balaban J connectivity index is 1.85. The predicted molar refractivity (Wildman–Crippen MR) is 129 cm³/mol. The molecule has 8 heteroatoms. The van der Waals surface area contributed by atoms with Crippen LogP contribution in [-0.2, 0) is 24.9 Å². The number of aliphatic hydroxyl groups is 1. The second kappa shape index (κ2) is 9.97. The van der Waals surface area contributed by atoms with E-state index in [0.717, 1.165) is 11.1 Å². The maximum absolute atomic E-state index is 13.7. The Kier molecular flexibility index (Phi) is 7.17. The van der Waals surface area contributed by atoms with Gasteiger partial charge in [-0.15, -0.1) is 0 Å². The summed E-state index contributed by atoms with van der Waals surface area (Å²) >= 11 is 0. The van der Waals surface area contributed by atoms with Gasteiger partial charge in [0.1, 0.15) is 5.41 Å². The van der Waals surface area contributed by atoms with Crippen molar-refractivity contribution in [3.8, 4) is 0 Å². The summed E-state index contributed by atoms with van der Waals surface area (Å²) in [5.41, 5.74) is -1.25. The molecular formula is C27H34N2O6. The Morgan fingerprint density at radius 3 is 2.06 bits per heavy atom. The molecule has 2 aromatic carbocycles. The van der Waals surface area contributed by atoms with Gasteiger partial charge in [0.05, 0.1) is 6.61 Å². The number of rotatable bonds is 6. The third kappa shape index (κ3) is 4.20. The number of benzene rings is 2. The van der Waals surface area contributed by atoms with Crippen molar-refractivity contribution in [2.45, 2.75) is 45.0 Å². The minimum atomic E-state index is -1.95. The highest BCUT2D eigenvalue weighted by molar-refractivity contribution is 5.82. The first kappa shape index (κ1) is 25.2. The van der Waals surface area contributed by atoms with Crippen LogP contribution in [0.3, 0.4) is 0 Å². The smallest absolute Gasteiger partial charge is 0.320 e. The maximum Gasteiger partial charge on any atom is 0.320 e. The summed E-state index contributed by atoms with van der Waals surface area (Å²) in [6, 6.07) is 18.8. The lowest BCUT2D eigenvalue weighted by Gasteiger charge is -2.57. The van der Waals surface area contributed by atoms with E-state index >= 15 is 0 Å². The van der Waals surface area contributed by atoms with E-state index in [1.807, 2.05) is 74.5 Å². The van der Waals surface area contributed by atoms with Crippen molar-refractivity contribution in [3.05, 3.63) is 71.8 Å². The van der Waals surface area contributed by atoms with Crippen molar-refractivity contribution in [1.29, 1.82) is 0 Å². The lowest BCUT2D eigenvalue weighted by Crippen LogP contribution is -2.71. The van der Waals surface area contributed by atoms with Crippen LogP contribution in [0.5, 0.6) is 0 Å². The van der Waals surface area contributed by atoms with Crippen LogP contribution >= 0.6 is 0 Å². The first-order valence-electron chi connectivity index (χ1n) is 12.3. The molecule has 2 atom stereocenters. The van der Waals surface area contributed by atoms with Gasteiger partial charge in [0.15, 0.2) is 5.60 Å². The van der Waals surface area contributed by atoms with E-state index in [4.69, 9.17) is 14.5 Å². The number of ether oxygens (including phenoxy) is 1. The van der Waals surface area contributed by atoms with Crippen molar-refractivity contribution in [2.75, 3.05) is 32.8 Å². The number of hydrogen-bond donors (Lipinski definition) is 1. The molecule has 2 fully saturated rings. The van der Waals surface area contributed by atoms with Gasteiger partial charge in [-0.25, -0.2) is 9.68 Å². The summed E-state index contributed by atoms with van der Waals surface area (Å²) < 4.78 is 5.53. The van der Waals surface area contributed by atoms with Gasteiger partial charge in [-0.3, -0.25) is 4.79 Å². The van der Waals surface area contributed by atoms with Gasteiger partial charge in [-0.1, -0.05) is 60.7 Å². The first-order valence-corrected chi connectivity index (χ1v) is 12.3. The van der Waals surface area contributed by atoms with Gasteiger partial charge in [0.25, 0.3) is 0 Å². The standard InChI is InChI=1S/C27H34N2O6/c1-4-28(5-2)24(31)29-18-17-27(32)25(20-29,23(30)33-6-3)19-26(34-35-27,21-13-9-7-10-14-21)22-15-11-8-12-16-22/h7-16,32H,4-6,17-20H2,1-3H3. The van der Waals surface area contributed by atoms with Gasteiger partial charge in [-0.2, -0.15) is 4.89 Å². The molecule has 2 aliphatic heterocycles. The summed E-state index contributed by atoms with van der Waals surface area (Å²) in [6.07, 6.45) is 0.0455. The molecular weight excluding hydrogens is 448 g/mol. The molecule has 2 amide bonds. The van der Waals surface area contributed by atoms with Crippen LogP contribution in [0.25, 0.3) is 0 Å². The van der Waals surface area contributed by atoms with Gasteiger partial charge in [-0.05, 0) is 31.9 Å². The van der Waals surface area contributed by atoms with Crippen molar-refractivity contribution in [2.24, 2.45) is 5.41 Å². The Morgan fingerprint density at radius 2 is 1.54 bits per heavy atom. The highest BCUT2D eigenvalue weighted by atomic mass is 17.2. The van der Waals surface area contributed by atoms with Crippen molar-refractivity contribution < 1.29 is 29.2 Å². The average molecular weight is 483 g/mol. The quantitative estimate of drug-likeness (QED) is 0.499. The molecule has 1 N–H and O–H groups in total. The first-order chi connectivity index (χ1) is 16.9. The third-order valence-electron chi connectivity index (χ3n) is 7.25. The molecule has 2 aliphatic rings. The Bertz CT molecular complexity index is 989. The maximum atomic E-state index is 13.7. The van der Waals surface area contributed by atoms with E-state index in [1.165, 1.54) is 0 Å². The third-order valence-corrected chi connectivity index (χ3v) is 7.25. The van der Waals surface area contributed by atoms with E-state index in [-0.39, 0.29) is 38.6 Å². The number of nitrogens with zero attached hydrogens (tertiary/aromatic N) is 2. The zero-order chi connectivity index (χ0) is 25.1. The number of esters is 1. The molecule has 2 saturated heterocycles. The Morgan fingerprint density at radius 1 is 0.971 bits per heavy atom. The monoisotopic (exact) mass is 482 g/mol. The SMILES string of the molecule is CCOC(=O)C12CN(C(=O)N(CC)CC)CCC1(O)OOC(c1ccccc1)(c1ccccc1)C2. The molecule has 35 heavy (non-hydrogen) atoms. The topological polar surface area (TPSA) is 88.5 Å². The van der Waals surface area contributed by atoms with Crippen LogP contribution < -0.4 is 0 Å². The molecule has 2 aromatic rings. The zero-order valence-corrected chi connectivity index (χ0v) is 20.6. The van der Waals surface area contributed by atoms with E-state index in [2.05, 4.69) is 0 Å². The number of carbonyl (C=O) groups is 2. The summed E-state index contributed by atoms with van der Waals surface area (Å²) in [5.74, 6) is -2.56. The van der Waals surface area contributed by atoms with Gasteiger partial charge >= 0.3 is 12.0 Å². The molecule has 0 saturated carbocycles. The highest BCUT2D eigenvalue weighted by Gasteiger charge is 2.69. The molecule has 0 aliphatic carbocycles. The fraction of sp³-hybridized carbons (Fsp3) is 0.481. The number of hydrogen-bond acceptors (Lipinski definition) is 6. The molecule has 0 radical (unpaired) electrons. The van der Waals surface area contributed by atoms with Crippen LogP contribution in [0, 0.1) is 5.41 Å². The minimum absolute atomic E-state index is 0.0124. The van der Waals surface area contributed by atoms with Crippen molar-refractivity contribution in [3.63, 3.8) is 0 Å². The van der Waals surface area contributed by atoms with Crippen LogP contribution in [0.2, 0.25) is 0 Å². The number of urea groups is 1. The number of carbonyl (C=O) groups excluding carboxylic acids is 2. The fourth-order valence-electron chi connectivity index (χ4n) is 5.27.